The van der Waals surface area contributed by atoms with Crippen LogP contribution in [0.5, 0.6) is 0 Å². The molecule has 7 heteroatoms. The molecule has 0 spiro atoms. The minimum atomic E-state index is -0.440. The van der Waals surface area contributed by atoms with E-state index < -0.39 is 11.9 Å². The van der Waals surface area contributed by atoms with Gasteiger partial charge in [0.05, 0.1) is 12.2 Å². The van der Waals surface area contributed by atoms with Crippen molar-refractivity contribution in [3.05, 3.63) is 39.1 Å². The van der Waals surface area contributed by atoms with E-state index in [0.717, 1.165) is 11.3 Å². The average Bonchev–Trinajstić information content (AvgIpc) is 3.05. The Morgan fingerprint density at radius 2 is 2.14 bits per heavy atom. The third kappa shape index (κ3) is 3.74. The number of halogens is 1. The molecule has 1 N–H and O–H groups in total. The van der Waals surface area contributed by atoms with Crippen LogP contribution in [-0.4, -0.2) is 18.5 Å². The van der Waals surface area contributed by atoms with E-state index in [2.05, 4.69) is 21.2 Å². The lowest BCUT2D eigenvalue weighted by Gasteiger charge is -2.04. The molecule has 0 saturated carbocycles. The first kappa shape index (κ1) is 15.8. The van der Waals surface area contributed by atoms with Crippen LogP contribution >= 0.6 is 27.3 Å². The summed E-state index contributed by atoms with van der Waals surface area (Å²) in [5, 5.41) is 3.17. The van der Waals surface area contributed by atoms with E-state index in [9.17, 15) is 9.59 Å². The number of rotatable bonds is 5. The molecule has 2 heterocycles. The number of furan rings is 1. The van der Waals surface area contributed by atoms with E-state index in [-0.39, 0.29) is 12.4 Å². The normalized spacial score (nSPS) is 10.4. The van der Waals surface area contributed by atoms with Gasteiger partial charge in [0.25, 0.3) is 5.91 Å². The summed E-state index contributed by atoms with van der Waals surface area (Å²) in [6.07, 6.45) is 0.777. The van der Waals surface area contributed by atoms with Crippen LogP contribution in [-0.2, 0) is 11.2 Å². The molecule has 0 aliphatic carbocycles. The number of aryl methyl sites for hydroxylation is 1. The van der Waals surface area contributed by atoms with Crippen molar-refractivity contribution < 1.29 is 18.7 Å². The molecule has 1 amide bonds. The Labute approximate surface area is 134 Å². The second kappa shape index (κ2) is 6.91. The molecule has 112 valence electrons. The van der Waals surface area contributed by atoms with Gasteiger partial charge >= 0.3 is 5.97 Å². The van der Waals surface area contributed by atoms with Crippen molar-refractivity contribution in [1.82, 2.24) is 0 Å². The first-order valence-electron chi connectivity index (χ1n) is 6.41. The van der Waals surface area contributed by atoms with E-state index >= 15 is 0 Å². The summed E-state index contributed by atoms with van der Waals surface area (Å²) in [6.45, 7) is 4.01. The predicted molar refractivity (Wildman–Crippen MR) is 84.0 cm³/mol. The number of esters is 1. The molecule has 0 unspecified atom stereocenters. The zero-order chi connectivity index (χ0) is 15.4. The molecule has 2 aromatic rings. The average molecular weight is 372 g/mol. The van der Waals surface area contributed by atoms with Crippen molar-refractivity contribution in [2.45, 2.75) is 20.3 Å². The van der Waals surface area contributed by atoms with Crippen molar-refractivity contribution in [2.24, 2.45) is 0 Å². The van der Waals surface area contributed by atoms with E-state index in [1.807, 2.05) is 6.92 Å². The van der Waals surface area contributed by atoms with Gasteiger partial charge in [0.1, 0.15) is 5.00 Å². The molecule has 0 aliphatic heterocycles. The zero-order valence-electron chi connectivity index (χ0n) is 11.6. The molecule has 0 bridgehead atoms. The van der Waals surface area contributed by atoms with Crippen LogP contribution in [0.1, 0.15) is 39.6 Å². The van der Waals surface area contributed by atoms with Crippen molar-refractivity contribution in [2.75, 3.05) is 11.9 Å². The van der Waals surface area contributed by atoms with Gasteiger partial charge in [-0.1, -0.05) is 6.92 Å². The fourth-order valence-electron chi connectivity index (χ4n) is 1.67. The highest BCUT2D eigenvalue weighted by Gasteiger charge is 2.20. The Kier molecular flexibility index (Phi) is 5.19. The Balaban J connectivity index is 2.24. The van der Waals surface area contributed by atoms with Gasteiger partial charge in [-0.2, -0.15) is 0 Å². The number of amides is 1. The van der Waals surface area contributed by atoms with Gasteiger partial charge in [0, 0.05) is 4.88 Å². The number of hydrogen-bond donors (Lipinski definition) is 1. The maximum atomic E-state index is 12.1. The summed E-state index contributed by atoms with van der Waals surface area (Å²) in [6, 6.07) is 4.93. The van der Waals surface area contributed by atoms with Crippen LogP contribution in [0.2, 0.25) is 0 Å². The lowest BCUT2D eigenvalue weighted by Crippen LogP contribution is -2.13. The van der Waals surface area contributed by atoms with E-state index in [1.54, 1.807) is 25.1 Å². The molecule has 0 aliphatic rings. The fourth-order valence-corrected chi connectivity index (χ4v) is 2.96. The topological polar surface area (TPSA) is 68.5 Å². The molecular weight excluding hydrogens is 358 g/mol. The summed E-state index contributed by atoms with van der Waals surface area (Å²) in [4.78, 5) is 25.0. The van der Waals surface area contributed by atoms with Gasteiger partial charge in [-0.3, -0.25) is 4.79 Å². The maximum absolute atomic E-state index is 12.1. The summed E-state index contributed by atoms with van der Waals surface area (Å²) in [5.41, 5.74) is 0.373. The third-order valence-corrected chi connectivity index (χ3v) is 4.27. The highest BCUT2D eigenvalue weighted by atomic mass is 79.9. The number of carbonyl (C=O) groups is 2. The van der Waals surface area contributed by atoms with Gasteiger partial charge in [0.2, 0.25) is 0 Å². The Hall–Kier alpha value is -1.60. The maximum Gasteiger partial charge on any atom is 0.341 e. The Morgan fingerprint density at radius 3 is 2.71 bits per heavy atom. The number of ether oxygens (including phenoxy) is 1. The van der Waals surface area contributed by atoms with Crippen LogP contribution < -0.4 is 5.32 Å². The smallest absolute Gasteiger partial charge is 0.341 e. The van der Waals surface area contributed by atoms with Crippen LogP contribution in [0.15, 0.2) is 27.3 Å². The number of thiophene rings is 1. The number of hydrogen-bond acceptors (Lipinski definition) is 5. The quantitative estimate of drug-likeness (QED) is 0.803. The van der Waals surface area contributed by atoms with Gasteiger partial charge in [-0.25, -0.2) is 4.79 Å². The van der Waals surface area contributed by atoms with Crippen LogP contribution in [0.3, 0.4) is 0 Å². The van der Waals surface area contributed by atoms with Crippen LogP contribution in [0, 0.1) is 0 Å². The Bertz CT molecular complexity index is 662. The van der Waals surface area contributed by atoms with Gasteiger partial charge in [-0.15, -0.1) is 11.3 Å². The zero-order valence-corrected chi connectivity index (χ0v) is 14.0. The van der Waals surface area contributed by atoms with Crippen molar-refractivity contribution >= 4 is 44.1 Å². The molecule has 0 saturated heterocycles. The molecular formula is C14H14BrNO4S. The summed E-state index contributed by atoms with van der Waals surface area (Å²) in [5.74, 6) is -0.678. The largest absolute Gasteiger partial charge is 0.462 e. The predicted octanol–water partition coefficient (Wildman–Crippen LogP) is 4.10. The van der Waals surface area contributed by atoms with Crippen molar-refractivity contribution in [3.8, 4) is 0 Å². The minimum Gasteiger partial charge on any atom is -0.462 e. The third-order valence-electron chi connectivity index (χ3n) is 2.65. The lowest BCUT2D eigenvalue weighted by atomic mass is 10.2. The van der Waals surface area contributed by atoms with Gasteiger partial charge in [0.15, 0.2) is 10.4 Å². The van der Waals surface area contributed by atoms with Gasteiger partial charge in [-0.05, 0) is 47.5 Å². The molecule has 21 heavy (non-hydrogen) atoms. The summed E-state index contributed by atoms with van der Waals surface area (Å²) >= 11 is 4.50. The first-order valence-corrected chi connectivity index (χ1v) is 8.02. The molecule has 0 atom stereocenters. The molecule has 2 aromatic heterocycles. The Morgan fingerprint density at radius 1 is 1.38 bits per heavy atom. The first-order chi connectivity index (χ1) is 10.0. The molecule has 0 fully saturated rings. The minimum absolute atomic E-state index is 0.170. The van der Waals surface area contributed by atoms with Crippen LogP contribution in [0.4, 0.5) is 5.00 Å². The SMILES string of the molecule is CCOC(=O)c1cc(CC)sc1NC(=O)c1ccc(Br)o1. The highest BCUT2D eigenvalue weighted by molar-refractivity contribution is 9.10. The summed E-state index contributed by atoms with van der Waals surface area (Å²) < 4.78 is 10.7. The van der Waals surface area contributed by atoms with Crippen LogP contribution in [0.25, 0.3) is 0 Å². The molecule has 5 nitrogen and oxygen atoms in total. The second-order valence-corrected chi connectivity index (χ2v) is 6.01. The monoisotopic (exact) mass is 371 g/mol. The van der Waals surface area contributed by atoms with Crippen molar-refractivity contribution in [3.63, 3.8) is 0 Å². The second-order valence-electron chi connectivity index (χ2n) is 4.09. The van der Waals surface area contributed by atoms with E-state index in [4.69, 9.17) is 9.15 Å². The van der Waals surface area contributed by atoms with Crippen molar-refractivity contribution in [1.29, 1.82) is 0 Å². The summed E-state index contributed by atoms with van der Waals surface area (Å²) in [7, 11) is 0. The van der Waals surface area contributed by atoms with E-state index in [0.29, 0.717) is 15.2 Å². The van der Waals surface area contributed by atoms with E-state index in [1.165, 1.54) is 11.3 Å². The number of nitrogens with one attached hydrogen (secondary N) is 1. The lowest BCUT2D eigenvalue weighted by molar-refractivity contribution is 0.0528. The highest BCUT2D eigenvalue weighted by Crippen LogP contribution is 2.30. The molecule has 2 rings (SSSR count). The number of carbonyl (C=O) groups excluding carboxylic acids is 2. The molecule has 0 radical (unpaired) electrons. The standard InChI is InChI=1S/C14H14BrNO4S/c1-3-8-7-9(14(18)19-4-2)13(21-8)16-12(17)10-5-6-11(15)20-10/h5-7H,3-4H2,1-2H3,(H,16,17). The van der Waals surface area contributed by atoms with Gasteiger partial charge < -0.3 is 14.5 Å². The molecule has 0 aromatic carbocycles. The number of anilines is 1. The fraction of sp³-hybridized carbons (Fsp3) is 0.286.